The minimum Gasteiger partial charge on any atom is -0.508 e. The van der Waals surface area contributed by atoms with Crippen LogP contribution in [0.25, 0.3) is 0 Å². The quantitative estimate of drug-likeness (QED) is 0.372. The van der Waals surface area contributed by atoms with Crippen molar-refractivity contribution in [3.8, 4) is 17.2 Å². The Morgan fingerprint density at radius 1 is 0.952 bits per heavy atom. The number of phenols is 1. The lowest BCUT2D eigenvalue weighted by molar-refractivity contribution is -0.160. The second-order valence-corrected chi connectivity index (χ2v) is 11.1. The van der Waals surface area contributed by atoms with Gasteiger partial charge in [-0.1, -0.05) is 48.5 Å². The normalized spacial score (nSPS) is 24.9. The topological polar surface area (TPSA) is 110 Å². The maximum atomic E-state index is 14.0. The van der Waals surface area contributed by atoms with E-state index < -0.39 is 6.04 Å². The molecule has 0 bridgehead atoms. The number of phenolic OH excluding ortho intramolecular Hbond substituents is 1. The molecule has 3 fully saturated rings. The van der Waals surface area contributed by atoms with Gasteiger partial charge in [0.1, 0.15) is 18.0 Å². The summed E-state index contributed by atoms with van der Waals surface area (Å²) in [5.74, 6) is 1.30. The molecular weight excluding hydrogens is 538 g/mol. The second-order valence-electron chi connectivity index (χ2n) is 11.1. The van der Waals surface area contributed by atoms with E-state index in [1.165, 1.54) is 5.56 Å². The first kappa shape index (κ1) is 26.7. The number of carbonyl (C=O) groups is 2. The summed E-state index contributed by atoms with van der Waals surface area (Å²) in [5.41, 5.74) is 2.95. The Bertz CT molecular complexity index is 1470. The Morgan fingerprint density at radius 3 is 2.52 bits per heavy atom. The van der Waals surface area contributed by atoms with Crippen LogP contribution in [0, 0.1) is 0 Å². The van der Waals surface area contributed by atoms with Gasteiger partial charge in [0.05, 0.1) is 13.1 Å². The minimum atomic E-state index is -0.680. The number of amides is 2. The van der Waals surface area contributed by atoms with Crippen molar-refractivity contribution in [3.05, 3.63) is 89.5 Å². The molecule has 3 saturated heterocycles. The van der Waals surface area contributed by atoms with Crippen LogP contribution in [0.4, 0.5) is 0 Å². The highest BCUT2D eigenvalue weighted by Crippen LogP contribution is 2.36. The molecule has 0 saturated carbocycles. The van der Waals surface area contributed by atoms with Crippen LogP contribution in [-0.2, 0) is 33.8 Å². The number of aromatic hydroxyl groups is 1. The number of piperazine rings is 1. The van der Waals surface area contributed by atoms with Crippen molar-refractivity contribution < 1.29 is 28.9 Å². The van der Waals surface area contributed by atoms with Crippen molar-refractivity contribution in [2.45, 2.75) is 44.2 Å². The molecule has 3 aromatic carbocycles. The molecule has 218 valence electrons. The van der Waals surface area contributed by atoms with Crippen molar-refractivity contribution in [1.82, 2.24) is 25.1 Å². The molecule has 4 aliphatic heterocycles. The van der Waals surface area contributed by atoms with Gasteiger partial charge in [0.25, 0.3) is 0 Å². The summed E-state index contributed by atoms with van der Waals surface area (Å²) >= 11 is 0. The summed E-state index contributed by atoms with van der Waals surface area (Å²) in [4.78, 5) is 31.0. The van der Waals surface area contributed by atoms with Crippen LogP contribution < -0.4 is 14.8 Å². The van der Waals surface area contributed by atoms with E-state index in [0.717, 1.165) is 11.1 Å². The van der Waals surface area contributed by atoms with Gasteiger partial charge in [-0.3, -0.25) is 14.9 Å². The zero-order valence-electron chi connectivity index (χ0n) is 23.3. The number of ether oxygens (including phenoxy) is 3. The number of hydrogen-bond acceptors (Lipinski definition) is 9. The van der Waals surface area contributed by atoms with Gasteiger partial charge in [-0.05, 0) is 41.0 Å². The number of epoxide rings is 1. The van der Waals surface area contributed by atoms with E-state index in [1.54, 1.807) is 29.2 Å². The number of likely N-dealkylation sites (N-methyl/N-ethyl adjacent to an activating group) is 1. The molecule has 4 heterocycles. The number of benzene rings is 3. The summed E-state index contributed by atoms with van der Waals surface area (Å²) in [6.07, 6.45) is -0.396. The molecule has 0 radical (unpaired) electrons. The molecule has 3 aromatic rings. The maximum absolute atomic E-state index is 14.0. The SMILES string of the molecule is CN(C1OC1NCc1ccccc1)N1CC(=O)N2[C@@H](Cc3ccc(O)cc3)C(=O)N(Cc3ccc4c(c3)OCO4)C[C@@H]21. The van der Waals surface area contributed by atoms with Crippen LogP contribution in [0.5, 0.6) is 17.2 Å². The Labute approximate surface area is 243 Å². The van der Waals surface area contributed by atoms with Crippen LogP contribution in [0.1, 0.15) is 16.7 Å². The molecule has 2 N–H and O–H groups in total. The van der Waals surface area contributed by atoms with Crippen molar-refractivity contribution in [3.63, 3.8) is 0 Å². The fourth-order valence-corrected chi connectivity index (χ4v) is 6.08. The van der Waals surface area contributed by atoms with Gasteiger partial charge >= 0.3 is 0 Å². The number of hydrogen-bond donors (Lipinski definition) is 2. The fraction of sp³-hybridized carbons (Fsp3) is 0.355. The average molecular weight is 572 g/mol. The summed E-state index contributed by atoms with van der Waals surface area (Å²) in [5, 5.41) is 17.2. The van der Waals surface area contributed by atoms with Crippen LogP contribution in [0.3, 0.4) is 0 Å². The molecule has 0 spiro atoms. The molecular formula is C31H33N5O6. The first-order valence-corrected chi connectivity index (χ1v) is 14.1. The monoisotopic (exact) mass is 571 g/mol. The largest absolute Gasteiger partial charge is 0.508 e. The molecule has 0 aliphatic carbocycles. The zero-order valence-corrected chi connectivity index (χ0v) is 23.3. The van der Waals surface area contributed by atoms with E-state index in [4.69, 9.17) is 14.2 Å². The average Bonchev–Trinajstić information content (AvgIpc) is 3.50. The van der Waals surface area contributed by atoms with E-state index in [-0.39, 0.29) is 49.5 Å². The van der Waals surface area contributed by atoms with Gasteiger partial charge in [-0.2, -0.15) is 0 Å². The Morgan fingerprint density at radius 2 is 1.71 bits per heavy atom. The maximum Gasteiger partial charge on any atom is 0.246 e. The van der Waals surface area contributed by atoms with Gasteiger partial charge in [-0.15, -0.1) is 0 Å². The summed E-state index contributed by atoms with van der Waals surface area (Å²) in [6.45, 7) is 1.74. The lowest BCUT2D eigenvalue weighted by Gasteiger charge is -2.45. The third kappa shape index (κ3) is 5.16. The van der Waals surface area contributed by atoms with Crippen molar-refractivity contribution in [2.75, 3.05) is 26.9 Å². The van der Waals surface area contributed by atoms with E-state index in [1.807, 2.05) is 58.4 Å². The highest BCUT2D eigenvalue weighted by Gasteiger charge is 2.54. The number of rotatable bonds is 9. The van der Waals surface area contributed by atoms with E-state index in [0.29, 0.717) is 37.6 Å². The second kappa shape index (κ2) is 10.9. The third-order valence-corrected chi connectivity index (χ3v) is 8.33. The molecule has 11 heteroatoms. The van der Waals surface area contributed by atoms with E-state index >= 15 is 0 Å². The highest BCUT2D eigenvalue weighted by atomic mass is 16.7. The summed E-state index contributed by atoms with van der Waals surface area (Å²) < 4.78 is 17.0. The Hall–Kier alpha value is -4.16. The summed E-state index contributed by atoms with van der Waals surface area (Å²) in [6, 6.07) is 21.9. The van der Waals surface area contributed by atoms with E-state index in [2.05, 4.69) is 17.4 Å². The van der Waals surface area contributed by atoms with Gasteiger partial charge in [0, 0.05) is 26.6 Å². The molecule has 11 nitrogen and oxygen atoms in total. The zero-order chi connectivity index (χ0) is 28.8. The first-order chi connectivity index (χ1) is 20.4. The van der Waals surface area contributed by atoms with Gasteiger partial charge in [0.15, 0.2) is 24.0 Å². The molecule has 2 amide bonds. The van der Waals surface area contributed by atoms with Crippen LogP contribution >= 0.6 is 0 Å². The molecule has 4 atom stereocenters. The first-order valence-electron chi connectivity index (χ1n) is 14.1. The molecule has 0 aromatic heterocycles. The molecule has 4 aliphatic rings. The number of fused-ring (bicyclic) bond motifs is 2. The number of nitrogens with zero attached hydrogens (tertiary/aromatic N) is 4. The molecule has 7 rings (SSSR count). The van der Waals surface area contributed by atoms with Crippen molar-refractivity contribution >= 4 is 11.8 Å². The lowest BCUT2D eigenvalue weighted by Crippen LogP contribution is -2.65. The van der Waals surface area contributed by atoms with E-state index in [9.17, 15) is 14.7 Å². The Balaban J connectivity index is 1.11. The van der Waals surface area contributed by atoms with Crippen LogP contribution in [-0.4, -0.2) is 88.3 Å². The van der Waals surface area contributed by atoms with Gasteiger partial charge < -0.3 is 29.1 Å². The van der Waals surface area contributed by atoms with Gasteiger partial charge in [-0.25, -0.2) is 10.0 Å². The van der Waals surface area contributed by atoms with Gasteiger partial charge in [0.2, 0.25) is 18.6 Å². The lowest BCUT2D eigenvalue weighted by atomic mass is 10.00. The number of nitrogens with one attached hydrogen (secondary N) is 1. The molecule has 2 unspecified atom stereocenters. The Kier molecular flexibility index (Phi) is 6.95. The predicted molar refractivity (Wildman–Crippen MR) is 151 cm³/mol. The number of hydrazine groups is 1. The van der Waals surface area contributed by atoms with Crippen LogP contribution in [0.15, 0.2) is 72.8 Å². The fourth-order valence-electron chi connectivity index (χ4n) is 6.08. The predicted octanol–water partition coefficient (Wildman–Crippen LogP) is 1.86. The minimum absolute atomic E-state index is 0.0962. The number of carbonyl (C=O) groups excluding carboxylic acids is 2. The standard InChI is InChI=1S/C31H33N5O6/c1-33(31-29(42-31)32-15-21-5-3-2-4-6-21)35-18-28(38)36-24(13-20-7-10-23(37)11-8-20)30(39)34(17-27(35)36)16-22-9-12-25-26(14-22)41-19-40-25/h2-12,14,24,27,29,31-32,37H,13,15-19H2,1H3/t24-,27+,29?,31?/m0/s1. The van der Waals surface area contributed by atoms with Crippen molar-refractivity contribution in [1.29, 1.82) is 0 Å². The summed E-state index contributed by atoms with van der Waals surface area (Å²) in [7, 11) is 1.93. The highest BCUT2D eigenvalue weighted by molar-refractivity contribution is 5.91. The van der Waals surface area contributed by atoms with Crippen molar-refractivity contribution in [2.24, 2.45) is 0 Å². The third-order valence-electron chi connectivity index (χ3n) is 8.33. The smallest absolute Gasteiger partial charge is 0.246 e. The molecule has 42 heavy (non-hydrogen) atoms. The van der Waals surface area contributed by atoms with Crippen LogP contribution in [0.2, 0.25) is 0 Å².